The van der Waals surface area contributed by atoms with Crippen molar-refractivity contribution in [2.24, 2.45) is 0 Å². The molecule has 4 amide bonds. The molecule has 2 N–H and O–H groups in total. The van der Waals surface area contributed by atoms with E-state index in [1.54, 1.807) is 12.1 Å². The van der Waals surface area contributed by atoms with Gasteiger partial charge in [0, 0.05) is 32.1 Å². The number of nitrogens with zero attached hydrogens (tertiary/aromatic N) is 2. The highest BCUT2D eigenvalue weighted by molar-refractivity contribution is 6.25. The number of hydrogen-bond acceptors (Lipinski definition) is 6. The van der Waals surface area contributed by atoms with E-state index in [0.29, 0.717) is 11.1 Å². The molecule has 2 atom stereocenters. The van der Waals surface area contributed by atoms with Crippen molar-refractivity contribution in [2.45, 2.75) is 31.8 Å². The number of anilines is 1. The van der Waals surface area contributed by atoms with Gasteiger partial charge in [-0.1, -0.05) is 6.07 Å². The molecule has 1 aromatic carbocycles. The summed E-state index contributed by atoms with van der Waals surface area (Å²) in [4.78, 5) is 52.7. The summed E-state index contributed by atoms with van der Waals surface area (Å²) in [5, 5.41) is 5.52. The van der Waals surface area contributed by atoms with E-state index in [-0.39, 0.29) is 24.8 Å². The molecule has 1 unspecified atom stereocenters. The van der Waals surface area contributed by atoms with Crippen molar-refractivity contribution in [3.63, 3.8) is 0 Å². The number of piperazine rings is 1. The van der Waals surface area contributed by atoms with Crippen molar-refractivity contribution in [3.05, 3.63) is 29.3 Å². The van der Waals surface area contributed by atoms with E-state index in [9.17, 15) is 19.2 Å². The Kier molecular flexibility index (Phi) is 3.99. The highest BCUT2D eigenvalue weighted by atomic mass is 16.2. The summed E-state index contributed by atoms with van der Waals surface area (Å²) in [5.74, 6) is -1.89. The molecule has 3 aliphatic heterocycles. The van der Waals surface area contributed by atoms with Gasteiger partial charge in [0.05, 0.1) is 16.8 Å². The minimum atomic E-state index is -0.937. The third kappa shape index (κ3) is 2.48. The summed E-state index contributed by atoms with van der Waals surface area (Å²) >= 11 is 0. The third-order valence-corrected chi connectivity index (χ3v) is 5.26. The van der Waals surface area contributed by atoms with E-state index < -0.39 is 23.8 Å². The first kappa shape index (κ1) is 16.7. The van der Waals surface area contributed by atoms with Gasteiger partial charge in [0.25, 0.3) is 11.8 Å². The molecule has 0 spiro atoms. The lowest BCUT2D eigenvalue weighted by atomic mass is 10.0. The lowest BCUT2D eigenvalue weighted by Gasteiger charge is -2.36. The zero-order valence-electron chi connectivity index (χ0n) is 14.4. The second-order valence-corrected chi connectivity index (χ2v) is 6.89. The summed E-state index contributed by atoms with van der Waals surface area (Å²) < 4.78 is 0. The molecule has 0 bridgehead atoms. The topological polar surface area (TPSA) is 98.8 Å². The number of fused-ring (bicyclic) bond motifs is 1. The van der Waals surface area contributed by atoms with Gasteiger partial charge in [0.1, 0.15) is 6.04 Å². The third-order valence-electron chi connectivity index (χ3n) is 5.26. The zero-order valence-corrected chi connectivity index (χ0v) is 14.4. The molecule has 2 fully saturated rings. The van der Waals surface area contributed by atoms with Gasteiger partial charge in [-0.05, 0) is 25.5 Å². The Balaban J connectivity index is 1.72. The largest absolute Gasteiger partial charge is 0.366 e. The number of amides is 4. The van der Waals surface area contributed by atoms with Crippen LogP contribution in [0.1, 0.15) is 40.5 Å². The van der Waals surface area contributed by atoms with Crippen LogP contribution in [0.3, 0.4) is 0 Å². The lowest BCUT2D eigenvalue weighted by Crippen LogP contribution is -2.54. The summed E-state index contributed by atoms with van der Waals surface area (Å²) in [6.45, 7) is 4.39. The standard InChI is InChI=1S/C18H20N4O4/c1-10-9-19-7-8-21(10)12-4-2-3-11-15(12)18(26)22(17(11)25)13-5-6-14(23)20-16(13)24/h2-4,10,13,19H,5-9H2,1H3,(H,20,23,24)/t10-,13?/m0/s1. The first-order valence-electron chi connectivity index (χ1n) is 8.81. The van der Waals surface area contributed by atoms with Crippen LogP contribution in [0.4, 0.5) is 5.69 Å². The Morgan fingerprint density at radius 1 is 1.12 bits per heavy atom. The first-order valence-corrected chi connectivity index (χ1v) is 8.81. The fraction of sp³-hybridized carbons (Fsp3) is 0.444. The quantitative estimate of drug-likeness (QED) is 0.717. The number of piperidine rings is 1. The lowest BCUT2D eigenvalue weighted by molar-refractivity contribution is -0.136. The van der Waals surface area contributed by atoms with Crippen LogP contribution in [0.2, 0.25) is 0 Å². The van der Waals surface area contributed by atoms with Crippen LogP contribution in [0.25, 0.3) is 0 Å². The predicted molar refractivity (Wildman–Crippen MR) is 92.8 cm³/mol. The van der Waals surface area contributed by atoms with Crippen LogP contribution in [-0.2, 0) is 9.59 Å². The van der Waals surface area contributed by atoms with Gasteiger partial charge in [-0.15, -0.1) is 0 Å². The Labute approximate surface area is 150 Å². The molecule has 3 aliphatic rings. The fourth-order valence-electron chi connectivity index (χ4n) is 3.94. The normalized spacial score (nSPS) is 26.2. The van der Waals surface area contributed by atoms with E-state index in [0.717, 1.165) is 30.2 Å². The molecule has 0 aliphatic carbocycles. The number of benzene rings is 1. The average molecular weight is 356 g/mol. The van der Waals surface area contributed by atoms with E-state index >= 15 is 0 Å². The van der Waals surface area contributed by atoms with E-state index in [4.69, 9.17) is 0 Å². The van der Waals surface area contributed by atoms with Crippen molar-refractivity contribution in [1.82, 2.24) is 15.5 Å². The van der Waals surface area contributed by atoms with Crippen molar-refractivity contribution >= 4 is 29.3 Å². The van der Waals surface area contributed by atoms with Crippen molar-refractivity contribution in [3.8, 4) is 0 Å². The SMILES string of the molecule is C[C@H]1CNCCN1c1cccc2c1C(=O)N(C1CCC(=O)NC1=O)C2=O. The Morgan fingerprint density at radius 2 is 1.92 bits per heavy atom. The minimum Gasteiger partial charge on any atom is -0.366 e. The van der Waals surface area contributed by atoms with Crippen LogP contribution >= 0.6 is 0 Å². The van der Waals surface area contributed by atoms with Crippen molar-refractivity contribution in [2.75, 3.05) is 24.5 Å². The molecule has 26 heavy (non-hydrogen) atoms. The van der Waals surface area contributed by atoms with Crippen LogP contribution in [0.15, 0.2) is 18.2 Å². The second kappa shape index (κ2) is 6.21. The molecule has 4 rings (SSSR count). The zero-order chi connectivity index (χ0) is 18.4. The number of carbonyl (C=O) groups excluding carboxylic acids is 4. The van der Waals surface area contributed by atoms with Crippen LogP contribution < -0.4 is 15.5 Å². The Morgan fingerprint density at radius 3 is 2.65 bits per heavy atom. The molecular formula is C18H20N4O4. The number of imide groups is 2. The van der Waals surface area contributed by atoms with Gasteiger partial charge in [0.2, 0.25) is 11.8 Å². The fourth-order valence-corrected chi connectivity index (χ4v) is 3.94. The average Bonchev–Trinajstić information content (AvgIpc) is 2.87. The molecule has 3 heterocycles. The second-order valence-electron chi connectivity index (χ2n) is 6.89. The maximum atomic E-state index is 13.1. The molecule has 2 saturated heterocycles. The van der Waals surface area contributed by atoms with Gasteiger partial charge in [0.15, 0.2) is 0 Å². The highest BCUT2D eigenvalue weighted by Crippen LogP contribution is 2.35. The summed E-state index contributed by atoms with van der Waals surface area (Å²) in [5.41, 5.74) is 1.41. The number of rotatable bonds is 2. The summed E-state index contributed by atoms with van der Waals surface area (Å²) in [6, 6.07) is 4.48. The molecule has 0 aromatic heterocycles. The molecule has 136 valence electrons. The molecular weight excluding hydrogens is 336 g/mol. The predicted octanol–water partition coefficient (Wildman–Crippen LogP) is -0.114. The van der Waals surface area contributed by atoms with Crippen LogP contribution in [0.5, 0.6) is 0 Å². The number of carbonyl (C=O) groups is 4. The van der Waals surface area contributed by atoms with Gasteiger partial charge in [-0.25, -0.2) is 0 Å². The van der Waals surface area contributed by atoms with Crippen LogP contribution in [-0.4, -0.2) is 60.2 Å². The maximum Gasteiger partial charge on any atom is 0.264 e. The van der Waals surface area contributed by atoms with E-state index in [1.165, 1.54) is 0 Å². The summed E-state index contributed by atoms with van der Waals surface area (Å²) in [7, 11) is 0. The van der Waals surface area contributed by atoms with Gasteiger partial charge in [-0.3, -0.25) is 29.4 Å². The smallest absolute Gasteiger partial charge is 0.264 e. The molecule has 8 heteroatoms. The molecule has 1 aromatic rings. The van der Waals surface area contributed by atoms with Crippen molar-refractivity contribution in [1.29, 1.82) is 0 Å². The number of hydrogen-bond donors (Lipinski definition) is 2. The molecule has 0 saturated carbocycles. The highest BCUT2D eigenvalue weighted by Gasteiger charge is 2.46. The van der Waals surface area contributed by atoms with Crippen LogP contribution in [0, 0.1) is 0 Å². The Bertz CT molecular complexity index is 821. The number of nitrogens with one attached hydrogen (secondary N) is 2. The molecule has 8 nitrogen and oxygen atoms in total. The first-order chi connectivity index (χ1) is 12.5. The van der Waals surface area contributed by atoms with Gasteiger partial charge in [-0.2, -0.15) is 0 Å². The van der Waals surface area contributed by atoms with Gasteiger partial charge >= 0.3 is 0 Å². The van der Waals surface area contributed by atoms with Crippen molar-refractivity contribution < 1.29 is 19.2 Å². The summed E-state index contributed by atoms with van der Waals surface area (Å²) in [6.07, 6.45) is 0.279. The monoisotopic (exact) mass is 356 g/mol. The Hall–Kier alpha value is -2.74. The van der Waals surface area contributed by atoms with E-state index in [1.807, 2.05) is 6.07 Å². The van der Waals surface area contributed by atoms with Gasteiger partial charge < -0.3 is 10.2 Å². The minimum absolute atomic E-state index is 0.117. The maximum absolute atomic E-state index is 13.1. The molecule has 0 radical (unpaired) electrons. The van der Waals surface area contributed by atoms with E-state index in [2.05, 4.69) is 22.5 Å².